The van der Waals surface area contributed by atoms with Crippen LogP contribution in [-0.4, -0.2) is 21.3 Å². The summed E-state index contributed by atoms with van der Waals surface area (Å²) >= 11 is 0. The zero-order valence-electron chi connectivity index (χ0n) is 13.1. The molecule has 0 bridgehead atoms. The fourth-order valence-corrected chi connectivity index (χ4v) is 3.51. The fraction of sp³-hybridized carbons (Fsp3) is 0.647. The van der Waals surface area contributed by atoms with Crippen LogP contribution >= 0.6 is 0 Å². The van der Waals surface area contributed by atoms with Gasteiger partial charge in [-0.1, -0.05) is 19.8 Å². The lowest BCUT2D eigenvalue weighted by Gasteiger charge is -2.26. The molecule has 0 spiro atoms. The van der Waals surface area contributed by atoms with Gasteiger partial charge in [-0.2, -0.15) is 0 Å². The van der Waals surface area contributed by atoms with Crippen molar-refractivity contribution in [3.63, 3.8) is 0 Å². The quantitative estimate of drug-likeness (QED) is 0.858. The maximum absolute atomic E-state index is 5.54. The molecular weight excluding hydrogens is 250 g/mol. The molecule has 0 aromatic heterocycles. The van der Waals surface area contributed by atoms with E-state index in [9.17, 15) is 0 Å². The van der Waals surface area contributed by atoms with E-state index in [2.05, 4.69) is 18.3 Å². The molecule has 3 heteroatoms. The molecule has 112 valence electrons. The van der Waals surface area contributed by atoms with E-state index in [1.807, 2.05) is 19.2 Å². The number of nitrogens with one attached hydrogen (secondary N) is 1. The minimum atomic E-state index is 0.344. The van der Waals surface area contributed by atoms with Gasteiger partial charge in [-0.15, -0.1) is 0 Å². The van der Waals surface area contributed by atoms with Gasteiger partial charge in [0.15, 0.2) is 0 Å². The average molecular weight is 277 g/mol. The Morgan fingerprint density at radius 2 is 2.05 bits per heavy atom. The van der Waals surface area contributed by atoms with Crippen molar-refractivity contribution in [1.82, 2.24) is 5.32 Å². The van der Waals surface area contributed by atoms with Gasteiger partial charge in [-0.25, -0.2) is 0 Å². The summed E-state index contributed by atoms with van der Waals surface area (Å²) in [5.74, 6) is 3.41. The van der Waals surface area contributed by atoms with Crippen LogP contribution in [0, 0.1) is 11.8 Å². The maximum atomic E-state index is 5.54. The van der Waals surface area contributed by atoms with Gasteiger partial charge >= 0.3 is 0 Å². The molecule has 0 heterocycles. The first-order chi connectivity index (χ1) is 9.73. The molecule has 2 rings (SSSR count). The van der Waals surface area contributed by atoms with Gasteiger partial charge in [0, 0.05) is 11.6 Å². The third-order valence-electron chi connectivity index (χ3n) is 4.71. The van der Waals surface area contributed by atoms with Gasteiger partial charge in [0.05, 0.1) is 14.2 Å². The van der Waals surface area contributed by atoms with Crippen LogP contribution in [0.4, 0.5) is 0 Å². The number of hydrogen-bond donors (Lipinski definition) is 1. The standard InChI is InChI=1S/C17H27NO2/c1-5-12-6-7-13(10-12)17(18-2)15-11-14(19-3)8-9-16(15)20-4/h8-9,11-13,17-18H,5-7,10H2,1-4H3. The lowest BCUT2D eigenvalue weighted by molar-refractivity contribution is 0.346. The van der Waals surface area contributed by atoms with Gasteiger partial charge < -0.3 is 14.8 Å². The molecule has 1 aliphatic carbocycles. The molecule has 1 aromatic carbocycles. The van der Waals surface area contributed by atoms with Crippen LogP contribution in [0.1, 0.15) is 44.2 Å². The van der Waals surface area contributed by atoms with E-state index >= 15 is 0 Å². The number of ether oxygens (including phenoxy) is 2. The maximum Gasteiger partial charge on any atom is 0.123 e. The fourth-order valence-electron chi connectivity index (χ4n) is 3.51. The Labute approximate surface area is 122 Å². The van der Waals surface area contributed by atoms with Crippen LogP contribution in [0.2, 0.25) is 0 Å². The molecule has 0 radical (unpaired) electrons. The van der Waals surface area contributed by atoms with E-state index in [0.717, 1.165) is 17.4 Å². The summed E-state index contributed by atoms with van der Waals surface area (Å²) in [5.41, 5.74) is 1.22. The van der Waals surface area contributed by atoms with Crippen LogP contribution in [0.5, 0.6) is 11.5 Å². The summed E-state index contributed by atoms with van der Waals surface area (Å²) in [6.07, 6.45) is 5.25. The van der Waals surface area contributed by atoms with Crippen LogP contribution in [0.25, 0.3) is 0 Å². The van der Waals surface area contributed by atoms with Crippen molar-refractivity contribution < 1.29 is 9.47 Å². The second-order valence-electron chi connectivity index (χ2n) is 5.72. The first-order valence-corrected chi connectivity index (χ1v) is 7.62. The number of methoxy groups -OCH3 is 2. The zero-order chi connectivity index (χ0) is 14.5. The van der Waals surface area contributed by atoms with Crippen molar-refractivity contribution in [2.45, 2.75) is 38.6 Å². The molecule has 1 saturated carbocycles. The molecule has 1 N–H and O–H groups in total. The van der Waals surface area contributed by atoms with E-state index in [-0.39, 0.29) is 0 Å². The SMILES string of the molecule is CCC1CCC(C(NC)c2cc(OC)ccc2OC)C1. The monoisotopic (exact) mass is 277 g/mol. The first kappa shape index (κ1) is 15.2. The van der Waals surface area contributed by atoms with Crippen molar-refractivity contribution in [2.24, 2.45) is 11.8 Å². The minimum Gasteiger partial charge on any atom is -0.497 e. The second-order valence-corrected chi connectivity index (χ2v) is 5.72. The van der Waals surface area contributed by atoms with E-state index in [1.54, 1.807) is 14.2 Å². The van der Waals surface area contributed by atoms with Gasteiger partial charge in [0.25, 0.3) is 0 Å². The van der Waals surface area contributed by atoms with Gasteiger partial charge in [-0.05, 0) is 49.9 Å². The van der Waals surface area contributed by atoms with Crippen LogP contribution in [0.3, 0.4) is 0 Å². The number of hydrogen-bond acceptors (Lipinski definition) is 3. The van der Waals surface area contributed by atoms with Gasteiger partial charge in [0.1, 0.15) is 11.5 Å². The summed E-state index contributed by atoms with van der Waals surface area (Å²) in [5, 5.41) is 3.50. The number of benzene rings is 1. The van der Waals surface area contributed by atoms with Gasteiger partial charge in [-0.3, -0.25) is 0 Å². The summed E-state index contributed by atoms with van der Waals surface area (Å²) in [7, 11) is 5.49. The molecule has 0 aliphatic heterocycles. The summed E-state index contributed by atoms with van der Waals surface area (Å²) in [6.45, 7) is 2.30. The Balaban J connectivity index is 2.26. The molecule has 1 aliphatic rings. The highest BCUT2D eigenvalue weighted by molar-refractivity contribution is 5.42. The second kappa shape index (κ2) is 6.98. The van der Waals surface area contributed by atoms with Crippen molar-refractivity contribution in [1.29, 1.82) is 0 Å². The van der Waals surface area contributed by atoms with Crippen molar-refractivity contribution in [3.05, 3.63) is 23.8 Å². The summed E-state index contributed by atoms with van der Waals surface area (Å²) < 4.78 is 10.9. The van der Waals surface area contributed by atoms with Gasteiger partial charge in [0.2, 0.25) is 0 Å². The molecule has 3 nitrogen and oxygen atoms in total. The van der Waals surface area contributed by atoms with Crippen molar-refractivity contribution in [2.75, 3.05) is 21.3 Å². The normalized spacial score (nSPS) is 23.6. The Bertz CT molecular complexity index is 433. The molecule has 20 heavy (non-hydrogen) atoms. The lowest BCUT2D eigenvalue weighted by atomic mass is 9.90. The average Bonchev–Trinajstić information content (AvgIpc) is 2.96. The van der Waals surface area contributed by atoms with E-state index in [1.165, 1.54) is 31.2 Å². The molecule has 1 fully saturated rings. The topological polar surface area (TPSA) is 30.5 Å². The Morgan fingerprint density at radius 1 is 1.25 bits per heavy atom. The van der Waals surface area contributed by atoms with E-state index in [0.29, 0.717) is 12.0 Å². The highest BCUT2D eigenvalue weighted by Crippen LogP contribution is 2.43. The molecule has 0 amide bonds. The summed E-state index contributed by atoms with van der Waals surface area (Å²) in [4.78, 5) is 0. The van der Waals surface area contributed by atoms with E-state index < -0.39 is 0 Å². The van der Waals surface area contributed by atoms with Crippen LogP contribution in [0.15, 0.2) is 18.2 Å². The molecule has 1 aromatic rings. The predicted octanol–water partition coefficient (Wildman–Crippen LogP) is 3.79. The Hall–Kier alpha value is -1.22. The smallest absolute Gasteiger partial charge is 0.123 e. The number of rotatable bonds is 6. The first-order valence-electron chi connectivity index (χ1n) is 7.62. The van der Waals surface area contributed by atoms with Crippen LogP contribution < -0.4 is 14.8 Å². The summed E-state index contributed by atoms with van der Waals surface area (Å²) in [6, 6.07) is 6.42. The largest absolute Gasteiger partial charge is 0.497 e. The highest BCUT2D eigenvalue weighted by atomic mass is 16.5. The molecule has 0 saturated heterocycles. The Morgan fingerprint density at radius 3 is 2.60 bits per heavy atom. The zero-order valence-corrected chi connectivity index (χ0v) is 13.1. The lowest BCUT2D eigenvalue weighted by Crippen LogP contribution is -2.24. The third-order valence-corrected chi connectivity index (χ3v) is 4.71. The van der Waals surface area contributed by atoms with Crippen LogP contribution in [-0.2, 0) is 0 Å². The van der Waals surface area contributed by atoms with Crippen molar-refractivity contribution >= 4 is 0 Å². The van der Waals surface area contributed by atoms with E-state index in [4.69, 9.17) is 9.47 Å². The molecule has 3 unspecified atom stereocenters. The molecular formula is C17H27NO2. The minimum absolute atomic E-state index is 0.344. The molecule has 3 atom stereocenters. The highest BCUT2D eigenvalue weighted by Gasteiger charge is 2.31. The Kier molecular flexibility index (Phi) is 5.30. The van der Waals surface area contributed by atoms with Crippen molar-refractivity contribution in [3.8, 4) is 11.5 Å². The third kappa shape index (κ3) is 3.09. The predicted molar refractivity (Wildman–Crippen MR) is 82.5 cm³/mol.